The Morgan fingerprint density at radius 2 is 2.13 bits per heavy atom. The topological polar surface area (TPSA) is 101 Å². The number of carbonyl (C=O) groups excluding carboxylic acids is 1. The molecule has 0 fully saturated rings. The van der Waals surface area contributed by atoms with Crippen molar-refractivity contribution in [1.29, 1.82) is 0 Å². The minimum atomic E-state index is -0.173. The van der Waals surface area contributed by atoms with E-state index in [2.05, 4.69) is 30.6 Å². The van der Waals surface area contributed by atoms with Gasteiger partial charge in [-0.15, -0.1) is 10.2 Å². The molecule has 3 heterocycles. The maximum absolute atomic E-state index is 12.2. The van der Waals surface area contributed by atoms with Crippen LogP contribution in [0.2, 0.25) is 0 Å². The first-order chi connectivity index (χ1) is 11.0. The van der Waals surface area contributed by atoms with E-state index in [0.29, 0.717) is 17.5 Å². The Morgan fingerprint density at radius 1 is 1.30 bits per heavy atom. The largest absolute Gasteiger partial charge is 0.306 e. The number of aromatic amines is 1. The molecule has 0 aromatic carbocycles. The van der Waals surface area contributed by atoms with Gasteiger partial charge in [-0.05, 0) is 26.0 Å². The Bertz CT molecular complexity index is 835. The zero-order chi connectivity index (χ0) is 16.4. The number of hydrogen-bond acceptors (Lipinski definition) is 5. The van der Waals surface area contributed by atoms with Crippen molar-refractivity contribution in [3.8, 4) is 11.5 Å². The number of nitrogens with zero attached hydrogens (tertiary/aromatic N) is 5. The van der Waals surface area contributed by atoms with Crippen LogP contribution in [0, 0.1) is 13.8 Å². The third-order valence-corrected chi connectivity index (χ3v) is 3.65. The number of hydrogen-bond donors (Lipinski definition) is 2. The van der Waals surface area contributed by atoms with Crippen LogP contribution in [0.4, 0.5) is 5.95 Å². The van der Waals surface area contributed by atoms with Gasteiger partial charge in [0.2, 0.25) is 11.9 Å². The van der Waals surface area contributed by atoms with Crippen LogP contribution >= 0.6 is 0 Å². The number of rotatable bonds is 4. The summed E-state index contributed by atoms with van der Waals surface area (Å²) in [6.07, 6.45) is 1.91. The van der Waals surface area contributed by atoms with Gasteiger partial charge in [0.05, 0.1) is 12.1 Å². The lowest BCUT2D eigenvalue weighted by molar-refractivity contribution is -0.115. The minimum Gasteiger partial charge on any atom is -0.306 e. The molecule has 3 rings (SSSR count). The summed E-state index contributed by atoms with van der Waals surface area (Å²) in [7, 11) is 1.86. The lowest BCUT2D eigenvalue weighted by Crippen LogP contribution is -2.16. The Balaban J connectivity index is 1.70. The van der Waals surface area contributed by atoms with Crippen LogP contribution in [-0.2, 0) is 18.3 Å². The van der Waals surface area contributed by atoms with Crippen LogP contribution < -0.4 is 5.32 Å². The maximum Gasteiger partial charge on any atom is 0.231 e. The number of aromatic nitrogens is 6. The van der Waals surface area contributed by atoms with Gasteiger partial charge in [0.25, 0.3) is 0 Å². The molecule has 0 unspecified atom stereocenters. The summed E-state index contributed by atoms with van der Waals surface area (Å²) in [4.78, 5) is 19.3. The van der Waals surface area contributed by atoms with Crippen LogP contribution in [0.5, 0.6) is 0 Å². The van der Waals surface area contributed by atoms with Crippen molar-refractivity contribution < 1.29 is 4.79 Å². The molecule has 0 aliphatic heterocycles. The van der Waals surface area contributed by atoms with Gasteiger partial charge >= 0.3 is 0 Å². The quantitative estimate of drug-likeness (QED) is 0.758. The van der Waals surface area contributed by atoms with Crippen LogP contribution in [0.25, 0.3) is 11.5 Å². The first-order valence-corrected chi connectivity index (χ1v) is 7.17. The highest BCUT2D eigenvalue weighted by molar-refractivity contribution is 5.91. The molecule has 1 amide bonds. The molecule has 0 saturated heterocycles. The standard InChI is InChI=1S/C15H17N7O/c1-9-11(10(2)22(3)21-9)8-13(23)17-15-18-14(19-20-15)12-6-4-5-7-16-12/h4-7H,8H2,1-3H3,(H2,17,18,19,20,23). The molecule has 0 atom stereocenters. The van der Waals surface area contributed by atoms with E-state index in [4.69, 9.17) is 0 Å². The van der Waals surface area contributed by atoms with Crippen LogP contribution in [-0.4, -0.2) is 35.9 Å². The molecule has 23 heavy (non-hydrogen) atoms. The summed E-state index contributed by atoms with van der Waals surface area (Å²) in [6, 6.07) is 5.49. The van der Waals surface area contributed by atoms with E-state index in [1.165, 1.54) is 0 Å². The second kappa shape index (κ2) is 5.99. The summed E-state index contributed by atoms with van der Waals surface area (Å²) >= 11 is 0. The van der Waals surface area contributed by atoms with Gasteiger partial charge in [-0.3, -0.25) is 19.8 Å². The fourth-order valence-electron chi connectivity index (χ4n) is 2.35. The molecule has 0 saturated carbocycles. The van der Waals surface area contributed by atoms with E-state index < -0.39 is 0 Å². The van der Waals surface area contributed by atoms with Gasteiger partial charge in [0.1, 0.15) is 5.69 Å². The van der Waals surface area contributed by atoms with Gasteiger partial charge in [-0.25, -0.2) is 0 Å². The number of aryl methyl sites for hydroxylation is 2. The fourth-order valence-corrected chi connectivity index (χ4v) is 2.35. The first-order valence-electron chi connectivity index (χ1n) is 7.17. The molecule has 0 aliphatic rings. The van der Waals surface area contributed by atoms with Crippen molar-refractivity contribution in [1.82, 2.24) is 29.9 Å². The van der Waals surface area contributed by atoms with Gasteiger partial charge in [0.15, 0.2) is 5.82 Å². The molecular formula is C15H17N7O. The Labute approximate surface area is 133 Å². The lowest BCUT2D eigenvalue weighted by atomic mass is 10.1. The van der Waals surface area contributed by atoms with E-state index in [0.717, 1.165) is 17.0 Å². The monoisotopic (exact) mass is 311 g/mol. The van der Waals surface area contributed by atoms with E-state index >= 15 is 0 Å². The molecule has 2 N–H and O–H groups in total. The zero-order valence-corrected chi connectivity index (χ0v) is 13.2. The minimum absolute atomic E-state index is 0.173. The highest BCUT2D eigenvalue weighted by Crippen LogP contribution is 2.15. The molecule has 0 aliphatic carbocycles. The number of carbonyl (C=O) groups is 1. The number of anilines is 1. The lowest BCUT2D eigenvalue weighted by Gasteiger charge is -2.02. The van der Waals surface area contributed by atoms with Gasteiger partial charge in [-0.1, -0.05) is 6.07 Å². The predicted molar refractivity (Wildman–Crippen MR) is 84.6 cm³/mol. The number of H-pyrrole nitrogens is 1. The van der Waals surface area contributed by atoms with E-state index in [9.17, 15) is 4.79 Å². The van der Waals surface area contributed by atoms with Gasteiger partial charge in [-0.2, -0.15) is 5.10 Å². The summed E-state index contributed by atoms with van der Waals surface area (Å²) in [5.41, 5.74) is 3.42. The Hall–Kier alpha value is -3.03. The third kappa shape index (κ3) is 3.10. The molecule has 0 spiro atoms. The number of amides is 1. The average molecular weight is 311 g/mol. The van der Waals surface area contributed by atoms with Crippen molar-refractivity contribution in [2.45, 2.75) is 20.3 Å². The summed E-state index contributed by atoms with van der Waals surface area (Å²) < 4.78 is 1.77. The first kappa shape index (κ1) is 14.9. The van der Waals surface area contributed by atoms with Gasteiger partial charge in [0, 0.05) is 24.5 Å². The third-order valence-electron chi connectivity index (χ3n) is 3.65. The van der Waals surface area contributed by atoms with Crippen molar-refractivity contribution >= 4 is 11.9 Å². The molecule has 0 radical (unpaired) electrons. The smallest absolute Gasteiger partial charge is 0.231 e. The van der Waals surface area contributed by atoms with Crippen molar-refractivity contribution in [2.24, 2.45) is 7.05 Å². The zero-order valence-electron chi connectivity index (χ0n) is 13.2. The van der Waals surface area contributed by atoms with E-state index in [-0.39, 0.29) is 12.3 Å². The highest BCUT2D eigenvalue weighted by atomic mass is 16.1. The van der Waals surface area contributed by atoms with Crippen molar-refractivity contribution in [2.75, 3.05) is 5.32 Å². The molecule has 8 heteroatoms. The SMILES string of the molecule is Cc1nn(C)c(C)c1CC(=O)Nc1nnc(-c2ccccn2)[nH]1. The molecule has 3 aromatic rings. The van der Waals surface area contributed by atoms with Gasteiger partial charge < -0.3 is 4.98 Å². The van der Waals surface area contributed by atoms with E-state index in [1.54, 1.807) is 10.9 Å². The normalized spacial score (nSPS) is 10.7. The summed E-state index contributed by atoms with van der Waals surface area (Å²) in [6.45, 7) is 3.83. The number of pyridine rings is 1. The summed E-state index contributed by atoms with van der Waals surface area (Å²) in [5, 5.41) is 14.9. The molecule has 0 bridgehead atoms. The highest BCUT2D eigenvalue weighted by Gasteiger charge is 2.15. The molecular weight excluding hydrogens is 294 g/mol. The van der Waals surface area contributed by atoms with Crippen LogP contribution in [0.1, 0.15) is 17.0 Å². The van der Waals surface area contributed by atoms with Crippen LogP contribution in [0.3, 0.4) is 0 Å². The molecule has 8 nitrogen and oxygen atoms in total. The van der Waals surface area contributed by atoms with E-state index in [1.807, 2.05) is 39.1 Å². The number of nitrogens with one attached hydrogen (secondary N) is 2. The fraction of sp³-hybridized carbons (Fsp3) is 0.267. The van der Waals surface area contributed by atoms with Crippen molar-refractivity contribution in [3.63, 3.8) is 0 Å². The second-order valence-corrected chi connectivity index (χ2v) is 5.24. The maximum atomic E-state index is 12.2. The van der Waals surface area contributed by atoms with Crippen LogP contribution in [0.15, 0.2) is 24.4 Å². The molecule has 3 aromatic heterocycles. The second-order valence-electron chi connectivity index (χ2n) is 5.24. The Kier molecular flexibility index (Phi) is 3.88. The molecule has 118 valence electrons. The predicted octanol–water partition coefficient (Wildman–Crippen LogP) is 1.40. The Morgan fingerprint density at radius 3 is 2.78 bits per heavy atom. The average Bonchev–Trinajstić information content (AvgIpc) is 3.09. The summed E-state index contributed by atoms with van der Waals surface area (Å²) in [5.74, 6) is 0.636. The van der Waals surface area contributed by atoms with Crippen molar-refractivity contribution in [3.05, 3.63) is 41.3 Å².